The van der Waals surface area contributed by atoms with E-state index in [1.54, 1.807) is 0 Å². The van der Waals surface area contributed by atoms with E-state index in [-0.39, 0.29) is 18.5 Å². The second-order valence-corrected chi connectivity index (χ2v) is 11.6. The van der Waals surface area contributed by atoms with Crippen molar-refractivity contribution in [2.24, 2.45) is 11.8 Å². The topological polar surface area (TPSA) is 44.8 Å². The molecule has 0 amide bonds. The third-order valence-corrected chi connectivity index (χ3v) is 7.32. The summed E-state index contributed by atoms with van der Waals surface area (Å²) in [5, 5.41) is 0. The molecule has 1 fully saturated rings. The molecular formula is C33H42O4. The van der Waals surface area contributed by atoms with Gasteiger partial charge in [0.15, 0.2) is 0 Å². The Bertz CT molecular complexity index is 1090. The molecular weight excluding hydrogens is 460 g/mol. The molecule has 37 heavy (non-hydrogen) atoms. The van der Waals surface area contributed by atoms with E-state index < -0.39 is 11.2 Å². The first-order chi connectivity index (χ1) is 17.7. The Morgan fingerprint density at radius 3 is 2.41 bits per heavy atom. The van der Waals surface area contributed by atoms with E-state index in [9.17, 15) is 4.79 Å². The molecule has 1 saturated carbocycles. The van der Waals surface area contributed by atoms with Crippen molar-refractivity contribution in [3.05, 3.63) is 89.5 Å². The van der Waals surface area contributed by atoms with Crippen LogP contribution in [0, 0.1) is 11.8 Å². The number of carbonyl (C=O) groups excluding carboxylic acids is 1. The molecule has 0 bridgehead atoms. The van der Waals surface area contributed by atoms with E-state index >= 15 is 0 Å². The average Bonchev–Trinajstić information content (AvgIpc) is 2.87. The molecule has 4 rings (SSSR count). The Morgan fingerprint density at radius 1 is 0.973 bits per heavy atom. The smallest absolute Gasteiger partial charge is 0.332 e. The van der Waals surface area contributed by atoms with Gasteiger partial charge in [0.1, 0.15) is 24.6 Å². The Balaban J connectivity index is 1.63. The first kappa shape index (κ1) is 27.2. The van der Waals surface area contributed by atoms with E-state index in [1.165, 1.54) is 32.1 Å². The first-order valence-corrected chi connectivity index (χ1v) is 13.7. The van der Waals surface area contributed by atoms with E-state index in [0.29, 0.717) is 18.9 Å². The van der Waals surface area contributed by atoms with Gasteiger partial charge in [-0.2, -0.15) is 0 Å². The van der Waals surface area contributed by atoms with E-state index in [1.807, 2.05) is 51.1 Å². The average molecular weight is 503 g/mol. The summed E-state index contributed by atoms with van der Waals surface area (Å²) in [5.41, 5.74) is 2.17. The SMILES string of the molecule is CC1=CC(Cc2ccccc2OCc2ccccc2)(OCC(=O)OC(C)(C)C)C(C2CCCCC2)C=C1. The van der Waals surface area contributed by atoms with Gasteiger partial charge >= 0.3 is 5.97 Å². The molecule has 0 heterocycles. The number of carbonyl (C=O) groups is 1. The zero-order chi connectivity index (χ0) is 26.3. The number of esters is 1. The van der Waals surface area contributed by atoms with Crippen LogP contribution in [-0.2, 0) is 27.3 Å². The fraction of sp³-hybridized carbons (Fsp3) is 0.485. The second kappa shape index (κ2) is 12.1. The molecule has 2 aliphatic carbocycles. The fourth-order valence-corrected chi connectivity index (χ4v) is 5.74. The Labute approximate surface area is 222 Å². The van der Waals surface area contributed by atoms with Gasteiger partial charge in [0.2, 0.25) is 0 Å². The van der Waals surface area contributed by atoms with Crippen LogP contribution in [0.15, 0.2) is 78.4 Å². The van der Waals surface area contributed by atoms with Crippen molar-refractivity contribution in [2.75, 3.05) is 6.61 Å². The maximum atomic E-state index is 12.8. The molecule has 198 valence electrons. The number of ether oxygens (including phenoxy) is 3. The van der Waals surface area contributed by atoms with Crippen LogP contribution in [0.25, 0.3) is 0 Å². The van der Waals surface area contributed by atoms with Crippen LogP contribution in [-0.4, -0.2) is 23.8 Å². The standard InChI is InChI=1S/C33H42O4/c1-25-19-20-29(27-15-9-6-10-16-27)33(21-25,36-24-31(34)37-32(2,3)4)22-28-17-11-12-18-30(28)35-23-26-13-7-5-8-14-26/h5,7-8,11-14,17-21,27,29H,6,9-10,15-16,22-24H2,1-4H3. The monoisotopic (exact) mass is 502 g/mol. The minimum Gasteiger partial charge on any atom is -0.489 e. The highest BCUT2D eigenvalue weighted by molar-refractivity contribution is 5.71. The van der Waals surface area contributed by atoms with Crippen LogP contribution < -0.4 is 4.74 Å². The Hall–Kier alpha value is -2.85. The van der Waals surface area contributed by atoms with Crippen molar-refractivity contribution in [2.45, 2.75) is 84.0 Å². The number of allylic oxidation sites excluding steroid dienone is 2. The van der Waals surface area contributed by atoms with Crippen molar-refractivity contribution >= 4 is 5.97 Å². The zero-order valence-corrected chi connectivity index (χ0v) is 22.9. The molecule has 2 atom stereocenters. The largest absolute Gasteiger partial charge is 0.489 e. The normalized spacial score (nSPS) is 22.4. The lowest BCUT2D eigenvalue weighted by Crippen LogP contribution is -2.47. The zero-order valence-electron chi connectivity index (χ0n) is 22.9. The van der Waals surface area contributed by atoms with Crippen LogP contribution in [0.3, 0.4) is 0 Å². The molecule has 4 nitrogen and oxygen atoms in total. The summed E-state index contributed by atoms with van der Waals surface area (Å²) in [6, 6.07) is 18.4. The number of hydrogen-bond donors (Lipinski definition) is 0. The maximum absolute atomic E-state index is 12.8. The van der Waals surface area contributed by atoms with Gasteiger partial charge in [-0.25, -0.2) is 4.79 Å². The highest BCUT2D eigenvalue weighted by Crippen LogP contribution is 2.44. The summed E-state index contributed by atoms with van der Waals surface area (Å²) in [4.78, 5) is 12.8. The number of hydrogen-bond acceptors (Lipinski definition) is 4. The predicted molar refractivity (Wildman–Crippen MR) is 148 cm³/mol. The van der Waals surface area contributed by atoms with Gasteiger partial charge in [0, 0.05) is 12.3 Å². The highest BCUT2D eigenvalue weighted by Gasteiger charge is 2.44. The van der Waals surface area contributed by atoms with Gasteiger partial charge in [-0.3, -0.25) is 0 Å². The summed E-state index contributed by atoms with van der Waals surface area (Å²) >= 11 is 0. The van der Waals surface area contributed by atoms with Crippen LogP contribution >= 0.6 is 0 Å². The lowest BCUT2D eigenvalue weighted by atomic mass is 9.67. The van der Waals surface area contributed by atoms with Crippen LogP contribution in [0.1, 0.15) is 70.9 Å². The molecule has 0 aliphatic heterocycles. The molecule has 2 aromatic rings. The van der Waals surface area contributed by atoms with Crippen LogP contribution in [0.4, 0.5) is 0 Å². The molecule has 2 unspecified atom stereocenters. The summed E-state index contributed by atoms with van der Waals surface area (Å²) < 4.78 is 18.6. The molecule has 0 saturated heterocycles. The molecule has 4 heteroatoms. The third-order valence-electron chi connectivity index (χ3n) is 7.32. The molecule has 0 aromatic heterocycles. The summed E-state index contributed by atoms with van der Waals surface area (Å²) in [5.74, 6) is 1.23. The third kappa shape index (κ3) is 7.58. The van der Waals surface area contributed by atoms with Gasteiger partial charge < -0.3 is 14.2 Å². The van der Waals surface area contributed by atoms with E-state index in [4.69, 9.17) is 14.2 Å². The van der Waals surface area contributed by atoms with Crippen molar-refractivity contribution < 1.29 is 19.0 Å². The van der Waals surface area contributed by atoms with Gasteiger partial charge in [0.05, 0.1) is 5.60 Å². The first-order valence-electron chi connectivity index (χ1n) is 13.7. The maximum Gasteiger partial charge on any atom is 0.332 e. The number of rotatable bonds is 9. The summed E-state index contributed by atoms with van der Waals surface area (Å²) in [6.07, 6.45) is 13.6. The lowest BCUT2D eigenvalue weighted by Gasteiger charge is -2.44. The highest BCUT2D eigenvalue weighted by atomic mass is 16.6. The van der Waals surface area contributed by atoms with Crippen LogP contribution in [0.2, 0.25) is 0 Å². The molecule has 2 aliphatic rings. The number of benzene rings is 2. The molecule has 0 radical (unpaired) electrons. The minimum atomic E-state index is -0.649. The van der Waals surface area contributed by atoms with Crippen molar-refractivity contribution in [3.8, 4) is 5.75 Å². The lowest BCUT2D eigenvalue weighted by molar-refractivity contribution is -0.167. The fourth-order valence-electron chi connectivity index (χ4n) is 5.74. The second-order valence-electron chi connectivity index (χ2n) is 11.6. The van der Waals surface area contributed by atoms with Crippen molar-refractivity contribution in [3.63, 3.8) is 0 Å². The summed E-state index contributed by atoms with van der Waals surface area (Å²) in [7, 11) is 0. The Morgan fingerprint density at radius 2 is 1.68 bits per heavy atom. The number of para-hydroxylation sites is 1. The van der Waals surface area contributed by atoms with Gasteiger partial charge in [0.25, 0.3) is 0 Å². The molecule has 0 N–H and O–H groups in total. The van der Waals surface area contributed by atoms with Crippen molar-refractivity contribution in [1.29, 1.82) is 0 Å². The quantitative estimate of drug-likeness (QED) is 0.331. The molecule has 0 spiro atoms. The summed E-state index contributed by atoms with van der Waals surface area (Å²) in [6.45, 7) is 8.20. The van der Waals surface area contributed by atoms with E-state index in [0.717, 1.165) is 22.4 Å². The van der Waals surface area contributed by atoms with Crippen molar-refractivity contribution in [1.82, 2.24) is 0 Å². The molecule has 2 aromatic carbocycles. The minimum absolute atomic E-state index is 0.0782. The van der Waals surface area contributed by atoms with E-state index in [2.05, 4.69) is 49.4 Å². The van der Waals surface area contributed by atoms with Gasteiger partial charge in [-0.05, 0) is 69.7 Å². The Kier molecular flexibility index (Phi) is 8.91. The van der Waals surface area contributed by atoms with Gasteiger partial charge in [-0.15, -0.1) is 0 Å². The van der Waals surface area contributed by atoms with Crippen LogP contribution in [0.5, 0.6) is 5.75 Å². The predicted octanol–water partition coefficient (Wildman–Crippen LogP) is 7.62. The van der Waals surface area contributed by atoms with Gasteiger partial charge in [-0.1, -0.05) is 85.5 Å².